The second kappa shape index (κ2) is 10.9. The highest BCUT2D eigenvalue weighted by Gasteiger charge is 2.28. The number of hydrogen-bond donors (Lipinski definition) is 3. The highest BCUT2D eigenvalue weighted by molar-refractivity contribution is 7.89. The molecular weight excluding hydrogens is 522 g/mol. The Morgan fingerprint density at radius 2 is 1.79 bits per heavy atom. The van der Waals surface area contributed by atoms with Gasteiger partial charge >= 0.3 is 0 Å². The highest BCUT2D eigenvalue weighted by atomic mass is 32.2. The van der Waals surface area contributed by atoms with E-state index in [9.17, 15) is 22.0 Å². The van der Waals surface area contributed by atoms with Gasteiger partial charge in [0, 0.05) is 23.5 Å². The fourth-order valence-electron chi connectivity index (χ4n) is 4.54. The summed E-state index contributed by atoms with van der Waals surface area (Å²) in [6.45, 7) is 2.01. The molecule has 0 aliphatic heterocycles. The number of amides is 1. The quantitative estimate of drug-likeness (QED) is 0.255. The fourth-order valence-corrected chi connectivity index (χ4v) is 5.79. The molecule has 3 aromatic carbocycles. The zero-order valence-electron chi connectivity index (χ0n) is 21.0. The van der Waals surface area contributed by atoms with Gasteiger partial charge in [-0.15, -0.1) is 0 Å². The number of halogens is 2. The molecule has 1 atom stereocenters. The summed E-state index contributed by atoms with van der Waals surface area (Å²) in [5.41, 5.74) is 3.90. The fraction of sp³-hybridized carbons (Fsp3) is 0.172. The van der Waals surface area contributed by atoms with Crippen LogP contribution in [0.4, 0.5) is 26.0 Å². The van der Waals surface area contributed by atoms with Crippen LogP contribution in [0.3, 0.4) is 0 Å². The maximum absolute atomic E-state index is 13.6. The summed E-state index contributed by atoms with van der Waals surface area (Å²) in [6.07, 6.45) is 3.73. The molecule has 1 aliphatic rings. The van der Waals surface area contributed by atoms with Crippen LogP contribution in [0.25, 0.3) is 0 Å². The van der Waals surface area contributed by atoms with Crippen molar-refractivity contribution in [1.82, 2.24) is 9.71 Å². The Morgan fingerprint density at radius 3 is 2.54 bits per heavy atom. The lowest BCUT2D eigenvalue weighted by Crippen LogP contribution is -2.27. The number of aromatic nitrogens is 1. The molecule has 4 aromatic rings. The first-order chi connectivity index (χ1) is 18.7. The zero-order valence-corrected chi connectivity index (χ0v) is 21.9. The molecule has 1 heterocycles. The van der Waals surface area contributed by atoms with Crippen LogP contribution >= 0.6 is 0 Å². The van der Waals surface area contributed by atoms with Crippen LogP contribution in [0, 0.1) is 11.6 Å². The number of carbonyl (C=O) groups excluding carboxylic acids is 1. The maximum atomic E-state index is 13.6. The van der Waals surface area contributed by atoms with E-state index in [0.29, 0.717) is 23.6 Å². The minimum Gasteiger partial charge on any atom is -0.338 e. The number of anilines is 3. The maximum Gasteiger partial charge on any atom is 0.255 e. The van der Waals surface area contributed by atoms with Crippen molar-refractivity contribution in [3.8, 4) is 0 Å². The molecule has 200 valence electrons. The third kappa shape index (κ3) is 5.81. The van der Waals surface area contributed by atoms with E-state index in [1.165, 1.54) is 6.07 Å². The van der Waals surface area contributed by atoms with Crippen LogP contribution < -0.4 is 15.4 Å². The molecule has 1 unspecified atom stereocenters. The predicted octanol–water partition coefficient (Wildman–Crippen LogP) is 5.88. The van der Waals surface area contributed by atoms with Crippen LogP contribution in [0.1, 0.15) is 46.4 Å². The van der Waals surface area contributed by atoms with Crippen LogP contribution in [-0.4, -0.2) is 19.3 Å². The van der Waals surface area contributed by atoms with Gasteiger partial charge in [-0.25, -0.2) is 26.9 Å². The number of pyridine rings is 1. The van der Waals surface area contributed by atoms with E-state index in [2.05, 4.69) is 20.3 Å². The summed E-state index contributed by atoms with van der Waals surface area (Å²) in [5, 5.41) is 5.84. The molecule has 1 aromatic heterocycles. The number of sulfonamides is 1. The highest BCUT2D eigenvalue weighted by Crippen LogP contribution is 2.35. The molecule has 39 heavy (non-hydrogen) atoms. The van der Waals surface area contributed by atoms with Gasteiger partial charge in [-0.1, -0.05) is 25.1 Å². The second-order valence-electron chi connectivity index (χ2n) is 9.23. The number of rotatable bonds is 8. The third-order valence-corrected chi connectivity index (χ3v) is 8.15. The van der Waals surface area contributed by atoms with Crippen LogP contribution in [0.5, 0.6) is 0 Å². The average Bonchev–Trinajstić information content (AvgIpc) is 3.32. The van der Waals surface area contributed by atoms with Gasteiger partial charge in [0.05, 0.1) is 10.6 Å². The van der Waals surface area contributed by atoms with Gasteiger partial charge in [0.2, 0.25) is 10.0 Å². The first-order valence-corrected chi connectivity index (χ1v) is 13.9. The Morgan fingerprint density at radius 1 is 1.00 bits per heavy atom. The molecule has 5 rings (SSSR count). The first-order valence-electron chi connectivity index (χ1n) is 12.5. The van der Waals surface area contributed by atoms with Gasteiger partial charge in [0.25, 0.3) is 5.91 Å². The standard InChI is InChI=1S/C29H26F2N4O3S/c1-2-18-5-11-22(12-6-18)39(37,38)35-26-14-9-19-7-10-21(17-23(19)26)33-28-27(4-3-15-32-28)34-29(36)20-8-13-24(30)25(31)16-20/h3-8,10-13,15-17,26,35H,2,9,14H2,1H3,(H,32,33)(H,34,36). The molecule has 1 amide bonds. The first kappa shape index (κ1) is 26.5. The van der Waals surface area contributed by atoms with Crippen LogP contribution in [-0.2, 0) is 22.9 Å². The van der Waals surface area contributed by atoms with Crippen molar-refractivity contribution in [3.63, 3.8) is 0 Å². The minimum atomic E-state index is -3.72. The van der Waals surface area contributed by atoms with E-state index >= 15 is 0 Å². The van der Waals surface area contributed by atoms with Crippen molar-refractivity contribution >= 4 is 33.1 Å². The number of benzene rings is 3. The molecule has 0 fully saturated rings. The summed E-state index contributed by atoms with van der Waals surface area (Å²) < 4.78 is 55.8. The zero-order chi connectivity index (χ0) is 27.6. The number of fused-ring (bicyclic) bond motifs is 1. The summed E-state index contributed by atoms with van der Waals surface area (Å²) in [5.74, 6) is -2.45. The van der Waals surface area contributed by atoms with Gasteiger partial charge in [-0.2, -0.15) is 0 Å². The van der Waals surface area contributed by atoms with Crippen molar-refractivity contribution < 1.29 is 22.0 Å². The SMILES string of the molecule is CCc1ccc(S(=O)(=O)NC2CCc3ccc(Nc4ncccc4NC(=O)c4ccc(F)c(F)c4)cc32)cc1. The summed E-state index contributed by atoms with van der Waals surface area (Å²) in [6, 6.07) is 18.3. The number of aryl methyl sites for hydroxylation is 2. The molecule has 0 saturated heterocycles. The number of hydrogen-bond acceptors (Lipinski definition) is 5. The van der Waals surface area contributed by atoms with Gasteiger partial charge in [-0.05, 0) is 90.6 Å². The Hall–Kier alpha value is -4.15. The van der Waals surface area contributed by atoms with E-state index in [1.54, 1.807) is 30.5 Å². The topological polar surface area (TPSA) is 100 Å². The molecule has 0 bridgehead atoms. The lowest BCUT2D eigenvalue weighted by atomic mass is 10.1. The number of carbonyl (C=O) groups is 1. The van der Waals surface area contributed by atoms with Crippen molar-refractivity contribution in [2.75, 3.05) is 10.6 Å². The summed E-state index contributed by atoms with van der Waals surface area (Å²) in [4.78, 5) is 17.2. The largest absolute Gasteiger partial charge is 0.338 e. The van der Waals surface area contributed by atoms with Gasteiger partial charge in [0.15, 0.2) is 17.5 Å². The average molecular weight is 549 g/mol. The van der Waals surface area contributed by atoms with Crippen LogP contribution in [0.2, 0.25) is 0 Å². The Kier molecular flexibility index (Phi) is 7.40. The smallest absolute Gasteiger partial charge is 0.255 e. The molecule has 7 nitrogen and oxygen atoms in total. The predicted molar refractivity (Wildman–Crippen MR) is 145 cm³/mol. The van der Waals surface area contributed by atoms with Crippen molar-refractivity contribution in [1.29, 1.82) is 0 Å². The Bertz CT molecular complexity index is 1640. The molecule has 0 saturated carbocycles. The molecule has 0 radical (unpaired) electrons. The molecule has 1 aliphatic carbocycles. The van der Waals surface area contributed by atoms with Crippen molar-refractivity contribution in [2.45, 2.75) is 37.1 Å². The van der Waals surface area contributed by atoms with E-state index < -0.39 is 33.6 Å². The van der Waals surface area contributed by atoms with E-state index in [-0.39, 0.29) is 10.5 Å². The molecule has 0 spiro atoms. The second-order valence-corrected chi connectivity index (χ2v) is 10.9. The third-order valence-electron chi connectivity index (χ3n) is 6.66. The van der Waals surface area contributed by atoms with Gasteiger partial charge in [-0.3, -0.25) is 4.79 Å². The van der Waals surface area contributed by atoms with E-state index in [0.717, 1.165) is 41.7 Å². The Balaban J connectivity index is 1.34. The number of nitrogens with zero attached hydrogens (tertiary/aromatic N) is 1. The normalized spacial score (nSPS) is 14.6. The summed E-state index contributed by atoms with van der Waals surface area (Å²) >= 11 is 0. The summed E-state index contributed by atoms with van der Waals surface area (Å²) in [7, 11) is -3.72. The molecule has 3 N–H and O–H groups in total. The minimum absolute atomic E-state index is 0.0410. The Labute approximate surface area is 225 Å². The van der Waals surface area contributed by atoms with E-state index in [4.69, 9.17) is 0 Å². The van der Waals surface area contributed by atoms with Crippen molar-refractivity contribution in [2.24, 2.45) is 0 Å². The van der Waals surface area contributed by atoms with E-state index in [1.807, 2.05) is 37.3 Å². The van der Waals surface area contributed by atoms with Gasteiger partial charge in [0.1, 0.15) is 0 Å². The lowest BCUT2D eigenvalue weighted by molar-refractivity contribution is 0.102. The number of nitrogens with one attached hydrogen (secondary N) is 3. The van der Waals surface area contributed by atoms with Gasteiger partial charge < -0.3 is 10.6 Å². The lowest BCUT2D eigenvalue weighted by Gasteiger charge is -2.17. The molecular formula is C29H26F2N4O3S. The monoisotopic (exact) mass is 548 g/mol. The van der Waals surface area contributed by atoms with Crippen LogP contribution in [0.15, 0.2) is 83.9 Å². The van der Waals surface area contributed by atoms with Crippen molar-refractivity contribution in [3.05, 3.63) is 113 Å². The molecule has 10 heteroatoms.